The predicted molar refractivity (Wildman–Crippen MR) is 90.4 cm³/mol. The molecule has 0 bridgehead atoms. The first kappa shape index (κ1) is 22.0. The van der Waals surface area contributed by atoms with Crippen LogP contribution in [0.1, 0.15) is 84.0 Å². The van der Waals surface area contributed by atoms with E-state index in [0.717, 1.165) is 13.0 Å². The van der Waals surface area contributed by atoms with Crippen LogP contribution in [0.25, 0.3) is 0 Å². The summed E-state index contributed by atoms with van der Waals surface area (Å²) in [6, 6.07) is 0. The van der Waals surface area contributed by atoms with Crippen LogP contribution in [-0.2, 0) is 4.79 Å². The predicted octanol–water partition coefficient (Wildman–Crippen LogP) is 4.18. The van der Waals surface area contributed by atoms with E-state index in [1.165, 1.54) is 70.6 Å². The van der Waals surface area contributed by atoms with Crippen molar-refractivity contribution < 1.29 is 4.79 Å². The standard InChI is InChI=1S/C16H34N2O.ClH/c1-2-3-4-5-6-7-8-9-10-11-12-13-14-18-16(19)15-17;/h2-15,17H2,1H3,(H,18,19);1H. The Balaban J connectivity index is 0. The van der Waals surface area contributed by atoms with Gasteiger partial charge in [0, 0.05) is 6.54 Å². The van der Waals surface area contributed by atoms with Gasteiger partial charge in [0.25, 0.3) is 0 Å². The van der Waals surface area contributed by atoms with E-state index >= 15 is 0 Å². The minimum Gasteiger partial charge on any atom is -0.355 e. The SMILES string of the molecule is CCCCCCCCCCCCCCNC(=O)CN.Cl. The highest BCUT2D eigenvalue weighted by Crippen LogP contribution is 2.11. The molecular formula is C16H35ClN2O. The molecule has 0 heterocycles. The number of nitrogens with one attached hydrogen (secondary N) is 1. The molecule has 0 spiro atoms. The van der Waals surface area contributed by atoms with E-state index in [2.05, 4.69) is 12.2 Å². The molecule has 4 heteroatoms. The molecule has 3 nitrogen and oxygen atoms in total. The van der Waals surface area contributed by atoms with E-state index in [1.807, 2.05) is 0 Å². The molecule has 0 aromatic heterocycles. The van der Waals surface area contributed by atoms with Crippen LogP contribution in [0.15, 0.2) is 0 Å². The highest BCUT2D eigenvalue weighted by atomic mass is 35.5. The number of carbonyl (C=O) groups is 1. The smallest absolute Gasteiger partial charge is 0.233 e. The van der Waals surface area contributed by atoms with Gasteiger partial charge in [0.15, 0.2) is 0 Å². The quantitative estimate of drug-likeness (QED) is 0.473. The number of amides is 1. The van der Waals surface area contributed by atoms with Crippen molar-refractivity contribution in [1.29, 1.82) is 0 Å². The minimum absolute atomic E-state index is 0. The number of carbonyl (C=O) groups excluding carboxylic acids is 1. The Morgan fingerprint density at radius 3 is 1.60 bits per heavy atom. The fraction of sp³-hybridized carbons (Fsp3) is 0.938. The summed E-state index contributed by atoms with van der Waals surface area (Å²) in [5, 5.41) is 2.80. The summed E-state index contributed by atoms with van der Waals surface area (Å²) in [6.07, 6.45) is 16.2. The van der Waals surface area contributed by atoms with Crippen molar-refractivity contribution >= 4 is 18.3 Å². The summed E-state index contributed by atoms with van der Waals surface area (Å²) in [6.45, 7) is 3.16. The molecule has 1 amide bonds. The number of hydrogen-bond acceptors (Lipinski definition) is 2. The van der Waals surface area contributed by atoms with Crippen molar-refractivity contribution in [1.82, 2.24) is 5.32 Å². The Labute approximate surface area is 131 Å². The van der Waals surface area contributed by atoms with E-state index < -0.39 is 0 Å². The molecule has 0 aliphatic heterocycles. The zero-order valence-corrected chi connectivity index (χ0v) is 14.1. The number of unbranched alkanes of at least 4 members (excludes halogenated alkanes) is 11. The van der Waals surface area contributed by atoms with Crippen molar-refractivity contribution in [2.24, 2.45) is 5.73 Å². The average Bonchev–Trinajstić information content (AvgIpc) is 2.43. The van der Waals surface area contributed by atoms with Crippen LogP contribution in [0.3, 0.4) is 0 Å². The monoisotopic (exact) mass is 306 g/mol. The van der Waals surface area contributed by atoms with Gasteiger partial charge in [-0.2, -0.15) is 0 Å². The molecule has 0 aliphatic carbocycles. The van der Waals surface area contributed by atoms with Gasteiger partial charge in [-0.15, -0.1) is 12.4 Å². The van der Waals surface area contributed by atoms with Crippen molar-refractivity contribution in [2.75, 3.05) is 13.1 Å². The van der Waals surface area contributed by atoms with Gasteiger partial charge >= 0.3 is 0 Å². The number of rotatable bonds is 14. The summed E-state index contributed by atoms with van der Waals surface area (Å²) in [5.74, 6) is -0.0388. The Kier molecular flexibility index (Phi) is 20.6. The average molecular weight is 307 g/mol. The molecule has 0 unspecified atom stereocenters. The third kappa shape index (κ3) is 17.7. The molecule has 0 aromatic carbocycles. The van der Waals surface area contributed by atoms with Gasteiger partial charge in [0.2, 0.25) is 5.91 Å². The molecule has 0 atom stereocenters. The van der Waals surface area contributed by atoms with Crippen LogP contribution in [0.5, 0.6) is 0 Å². The maximum Gasteiger partial charge on any atom is 0.233 e. The Bertz CT molecular complexity index is 201. The molecule has 20 heavy (non-hydrogen) atoms. The van der Waals surface area contributed by atoms with Gasteiger partial charge in [-0.05, 0) is 6.42 Å². The number of hydrogen-bond donors (Lipinski definition) is 2. The molecule has 0 rings (SSSR count). The molecule has 122 valence electrons. The van der Waals surface area contributed by atoms with E-state index in [9.17, 15) is 4.79 Å². The topological polar surface area (TPSA) is 55.1 Å². The maximum absolute atomic E-state index is 10.9. The van der Waals surface area contributed by atoms with Gasteiger partial charge in [-0.1, -0.05) is 77.6 Å². The fourth-order valence-corrected chi connectivity index (χ4v) is 2.27. The first-order valence-corrected chi connectivity index (χ1v) is 8.28. The van der Waals surface area contributed by atoms with E-state index in [0.29, 0.717) is 0 Å². The van der Waals surface area contributed by atoms with E-state index in [-0.39, 0.29) is 24.9 Å². The Hall–Kier alpha value is -0.280. The molecule has 0 fully saturated rings. The first-order valence-electron chi connectivity index (χ1n) is 8.28. The largest absolute Gasteiger partial charge is 0.355 e. The van der Waals surface area contributed by atoms with Gasteiger partial charge in [0.05, 0.1) is 6.54 Å². The summed E-state index contributed by atoms with van der Waals surface area (Å²) >= 11 is 0. The fourth-order valence-electron chi connectivity index (χ4n) is 2.27. The van der Waals surface area contributed by atoms with Crippen LogP contribution in [0.4, 0.5) is 0 Å². The molecule has 0 aliphatic rings. The van der Waals surface area contributed by atoms with Crippen molar-refractivity contribution in [2.45, 2.75) is 84.0 Å². The van der Waals surface area contributed by atoms with Gasteiger partial charge in [-0.25, -0.2) is 0 Å². The molecular weight excluding hydrogens is 272 g/mol. The van der Waals surface area contributed by atoms with Gasteiger partial charge in [0.1, 0.15) is 0 Å². The van der Waals surface area contributed by atoms with Crippen LogP contribution < -0.4 is 11.1 Å². The third-order valence-corrected chi connectivity index (χ3v) is 3.54. The van der Waals surface area contributed by atoms with Crippen LogP contribution in [0.2, 0.25) is 0 Å². The molecule has 3 N–H and O–H groups in total. The zero-order valence-electron chi connectivity index (χ0n) is 13.3. The maximum atomic E-state index is 10.9. The lowest BCUT2D eigenvalue weighted by Crippen LogP contribution is -2.30. The van der Waals surface area contributed by atoms with Crippen LogP contribution in [-0.4, -0.2) is 19.0 Å². The van der Waals surface area contributed by atoms with E-state index in [1.54, 1.807) is 0 Å². The first-order chi connectivity index (χ1) is 9.31. The van der Waals surface area contributed by atoms with Crippen molar-refractivity contribution in [3.8, 4) is 0 Å². The second kappa shape index (κ2) is 18.7. The highest BCUT2D eigenvalue weighted by Gasteiger charge is 1.96. The second-order valence-electron chi connectivity index (χ2n) is 5.44. The summed E-state index contributed by atoms with van der Waals surface area (Å²) < 4.78 is 0. The Morgan fingerprint density at radius 1 is 0.800 bits per heavy atom. The van der Waals surface area contributed by atoms with Crippen molar-refractivity contribution in [3.05, 3.63) is 0 Å². The molecule has 0 saturated heterocycles. The van der Waals surface area contributed by atoms with Gasteiger partial charge in [-0.3, -0.25) is 4.79 Å². The van der Waals surface area contributed by atoms with Gasteiger partial charge < -0.3 is 11.1 Å². The zero-order chi connectivity index (χ0) is 14.2. The normalized spacial score (nSPS) is 10.1. The lowest BCUT2D eigenvalue weighted by molar-refractivity contribution is -0.119. The second-order valence-corrected chi connectivity index (χ2v) is 5.44. The molecule has 0 saturated carbocycles. The summed E-state index contributed by atoms with van der Waals surface area (Å²) in [5.41, 5.74) is 5.21. The summed E-state index contributed by atoms with van der Waals surface area (Å²) in [7, 11) is 0. The lowest BCUT2D eigenvalue weighted by Gasteiger charge is -2.04. The Morgan fingerprint density at radius 2 is 1.20 bits per heavy atom. The lowest BCUT2D eigenvalue weighted by atomic mass is 10.1. The molecule has 0 radical (unpaired) electrons. The van der Waals surface area contributed by atoms with Crippen LogP contribution >= 0.6 is 12.4 Å². The van der Waals surface area contributed by atoms with Crippen molar-refractivity contribution in [3.63, 3.8) is 0 Å². The minimum atomic E-state index is -0.0388. The van der Waals surface area contributed by atoms with Crippen LogP contribution in [0, 0.1) is 0 Å². The van der Waals surface area contributed by atoms with E-state index in [4.69, 9.17) is 5.73 Å². The molecule has 0 aromatic rings. The number of halogens is 1. The summed E-state index contributed by atoms with van der Waals surface area (Å²) in [4.78, 5) is 10.9. The third-order valence-electron chi connectivity index (χ3n) is 3.54. The highest BCUT2D eigenvalue weighted by molar-refractivity contribution is 5.85. The number of nitrogens with two attached hydrogens (primary N) is 1.